The number of carbonyl (C=O) groups is 2. The maximum absolute atomic E-state index is 13.9. The highest BCUT2D eigenvalue weighted by molar-refractivity contribution is 7.09. The molecule has 0 spiro atoms. The molecule has 4 aromatic rings. The van der Waals surface area contributed by atoms with Crippen molar-refractivity contribution in [3.05, 3.63) is 82.8 Å². The first-order chi connectivity index (χ1) is 25.7. The predicted molar refractivity (Wildman–Crippen MR) is 191 cm³/mol. The van der Waals surface area contributed by atoms with Crippen molar-refractivity contribution in [1.29, 1.82) is 0 Å². The third-order valence-corrected chi connectivity index (χ3v) is 10.7. The van der Waals surface area contributed by atoms with Crippen molar-refractivity contribution in [2.45, 2.75) is 62.7 Å². The normalized spacial score (nSPS) is 20.8. The van der Waals surface area contributed by atoms with E-state index in [0.29, 0.717) is 35.6 Å². The van der Waals surface area contributed by atoms with Gasteiger partial charge in [0, 0.05) is 54.3 Å². The van der Waals surface area contributed by atoms with E-state index in [1.807, 2.05) is 41.6 Å². The van der Waals surface area contributed by atoms with Crippen LogP contribution in [0.15, 0.2) is 70.9 Å². The number of oxazole rings is 1. The van der Waals surface area contributed by atoms with Crippen LogP contribution in [-0.4, -0.2) is 111 Å². The summed E-state index contributed by atoms with van der Waals surface area (Å²) >= 11 is 1.46. The molecule has 1 aromatic carbocycles. The van der Waals surface area contributed by atoms with Gasteiger partial charge in [-0.2, -0.15) is 13.2 Å². The smallest absolute Gasteiger partial charge is 0.405 e. The van der Waals surface area contributed by atoms with Crippen molar-refractivity contribution >= 4 is 23.2 Å². The largest absolute Gasteiger partial charge is 0.506 e. The number of aliphatic hydroxyl groups is 2. The van der Waals surface area contributed by atoms with Crippen molar-refractivity contribution in [2.75, 3.05) is 39.3 Å². The number of ether oxygens (including phenoxy) is 1. The molecule has 6 rings (SSSR count). The van der Waals surface area contributed by atoms with E-state index >= 15 is 0 Å². The number of pyridine rings is 1. The molecule has 2 aliphatic rings. The molecule has 1 saturated heterocycles. The van der Waals surface area contributed by atoms with Gasteiger partial charge in [0.2, 0.25) is 17.7 Å². The number of piperazine rings is 1. The van der Waals surface area contributed by atoms with Gasteiger partial charge in [0.25, 0.3) is 0 Å². The molecule has 0 saturated carbocycles. The fourth-order valence-electron chi connectivity index (χ4n) is 6.91. The van der Waals surface area contributed by atoms with E-state index in [-0.39, 0.29) is 50.2 Å². The topological polar surface area (TPSA) is 174 Å². The number of carbonyl (C=O) groups excluding carboxylic acids is 2. The summed E-state index contributed by atoms with van der Waals surface area (Å²) in [5.41, 5.74) is 0.200. The number of nitrogens with one attached hydrogen (secondary N) is 2. The summed E-state index contributed by atoms with van der Waals surface area (Å²) in [6, 6.07) is 10.5. The van der Waals surface area contributed by atoms with E-state index in [4.69, 9.17) is 9.15 Å². The number of aromatic nitrogens is 2. The van der Waals surface area contributed by atoms with Crippen LogP contribution in [0.5, 0.6) is 11.5 Å². The molecule has 0 bridgehead atoms. The number of β-amino-alcohol motifs (C(OH)–C–C–N with tert-alkyl or cyclic N) is 1. The molecular formula is C37H43F3N6O7S. The van der Waals surface area contributed by atoms with Crippen molar-refractivity contribution in [2.24, 2.45) is 5.92 Å². The molecule has 2 amide bonds. The third kappa shape index (κ3) is 9.38. The number of benzene rings is 1. The number of amides is 2. The highest BCUT2D eigenvalue weighted by Crippen LogP contribution is 2.35. The Labute approximate surface area is 313 Å². The minimum absolute atomic E-state index is 0.00699. The fraction of sp³-hybridized carbons (Fsp3) is 0.459. The molecule has 0 unspecified atom stereocenters. The molecule has 3 aromatic heterocycles. The zero-order chi connectivity index (χ0) is 38.6. The Morgan fingerprint density at radius 1 is 1.11 bits per heavy atom. The number of halogens is 3. The Kier molecular flexibility index (Phi) is 11.9. The number of alkyl halides is 3. The van der Waals surface area contributed by atoms with Gasteiger partial charge >= 0.3 is 6.18 Å². The van der Waals surface area contributed by atoms with Crippen LogP contribution in [0.1, 0.15) is 42.6 Å². The first-order valence-corrected chi connectivity index (χ1v) is 18.4. The highest BCUT2D eigenvalue weighted by Gasteiger charge is 2.43. The van der Waals surface area contributed by atoms with Gasteiger partial charge in [0.15, 0.2) is 5.76 Å². The standard InChI is InChI=1S/C37H43F3N6O7S/c1-36(2,35-42-17-31(53-35)23-13-24(47)16-41-15-23)46-10-9-45(28(19-46)34(51)43-21-37(38,39)40)18-25(48)12-22(14-26-6-5-11-54-26)33(50)44-32-27-7-3-4-8-30(27)52-20-29(32)49/h3-8,11,13,15-17,22,25,28-29,32,47-49H,9-10,12,14,18-21H2,1-2H3,(H,43,51)(H,44,50)/t22-,25-,28-,29+,32-/m0/s1. The van der Waals surface area contributed by atoms with Gasteiger partial charge in [0.05, 0.1) is 30.1 Å². The van der Waals surface area contributed by atoms with Gasteiger partial charge in [0.1, 0.15) is 36.8 Å². The van der Waals surface area contributed by atoms with Gasteiger partial charge in [-0.3, -0.25) is 24.4 Å². The number of rotatable bonds is 13. The number of thiophene rings is 1. The van der Waals surface area contributed by atoms with E-state index in [1.54, 1.807) is 29.2 Å². The van der Waals surface area contributed by atoms with Crippen LogP contribution in [0.2, 0.25) is 0 Å². The fourth-order valence-corrected chi connectivity index (χ4v) is 7.70. The molecule has 5 heterocycles. The molecule has 290 valence electrons. The Balaban J connectivity index is 1.18. The molecular weight excluding hydrogens is 730 g/mol. The van der Waals surface area contributed by atoms with Gasteiger partial charge < -0.3 is 35.1 Å². The monoisotopic (exact) mass is 772 g/mol. The van der Waals surface area contributed by atoms with Crippen molar-refractivity contribution < 1.29 is 47.2 Å². The van der Waals surface area contributed by atoms with E-state index < -0.39 is 54.4 Å². The van der Waals surface area contributed by atoms with Crippen LogP contribution in [-0.2, 0) is 21.5 Å². The van der Waals surface area contributed by atoms with E-state index in [9.17, 15) is 38.1 Å². The number of hydrogen-bond donors (Lipinski definition) is 5. The summed E-state index contributed by atoms with van der Waals surface area (Å²) in [4.78, 5) is 40.1. The van der Waals surface area contributed by atoms with E-state index in [1.165, 1.54) is 36.0 Å². The molecule has 2 aliphatic heterocycles. The summed E-state index contributed by atoms with van der Waals surface area (Å²) in [7, 11) is 0. The second kappa shape index (κ2) is 16.4. The zero-order valence-electron chi connectivity index (χ0n) is 29.7. The number of fused-ring (bicyclic) bond motifs is 1. The van der Waals surface area contributed by atoms with Crippen molar-refractivity contribution in [1.82, 2.24) is 30.4 Å². The van der Waals surface area contributed by atoms with Gasteiger partial charge in [-0.05, 0) is 50.3 Å². The summed E-state index contributed by atoms with van der Waals surface area (Å²) in [6.07, 6.45) is -2.23. The van der Waals surface area contributed by atoms with Crippen LogP contribution in [0.3, 0.4) is 0 Å². The molecule has 5 N–H and O–H groups in total. The molecule has 17 heteroatoms. The first kappa shape index (κ1) is 39.2. The Bertz CT molecular complexity index is 1890. The number of aliphatic hydroxyl groups excluding tert-OH is 2. The number of aromatic hydroxyl groups is 1. The average Bonchev–Trinajstić information content (AvgIpc) is 3.85. The van der Waals surface area contributed by atoms with Crippen molar-refractivity contribution in [3.63, 3.8) is 0 Å². The summed E-state index contributed by atoms with van der Waals surface area (Å²) in [5.74, 6) is -0.863. The van der Waals surface area contributed by atoms with E-state index in [2.05, 4.69) is 15.3 Å². The summed E-state index contributed by atoms with van der Waals surface area (Å²) < 4.78 is 51.3. The average molecular weight is 773 g/mol. The number of hydrogen-bond acceptors (Lipinski definition) is 12. The lowest BCUT2D eigenvalue weighted by atomic mass is 9.92. The van der Waals surface area contributed by atoms with Crippen LogP contribution < -0.4 is 15.4 Å². The van der Waals surface area contributed by atoms with E-state index in [0.717, 1.165) is 4.88 Å². The minimum Gasteiger partial charge on any atom is -0.506 e. The highest BCUT2D eigenvalue weighted by atomic mass is 32.1. The predicted octanol–water partition coefficient (Wildman–Crippen LogP) is 3.62. The second-order valence-electron chi connectivity index (χ2n) is 14.1. The van der Waals surface area contributed by atoms with Gasteiger partial charge in [-0.25, -0.2) is 4.98 Å². The molecule has 13 nitrogen and oxygen atoms in total. The summed E-state index contributed by atoms with van der Waals surface area (Å²) in [6.45, 7) is 2.54. The Morgan fingerprint density at radius 3 is 2.65 bits per heavy atom. The minimum atomic E-state index is -4.64. The van der Waals surface area contributed by atoms with Crippen LogP contribution in [0.25, 0.3) is 11.3 Å². The van der Waals surface area contributed by atoms with Crippen LogP contribution >= 0.6 is 11.3 Å². The Morgan fingerprint density at radius 2 is 1.91 bits per heavy atom. The van der Waals surface area contributed by atoms with Crippen LogP contribution in [0, 0.1) is 5.92 Å². The van der Waals surface area contributed by atoms with Crippen LogP contribution in [0.4, 0.5) is 13.2 Å². The lowest BCUT2D eigenvalue weighted by Gasteiger charge is -2.46. The summed E-state index contributed by atoms with van der Waals surface area (Å²) in [5, 5.41) is 39.0. The lowest BCUT2D eigenvalue weighted by Crippen LogP contribution is -2.63. The SMILES string of the molecule is CC(C)(c1ncc(-c2cncc(O)c2)o1)N1CCN(C[C@@H](O)C[C@@H](Cc2cccs2)C(=O)N[C@H]2c3ccccc3OC[C@H]2O)[C@H](C(=O)NCC(F)(F)F)C1. The molecule has 5 atom stereocenters. The number of para-hydroxylation sites is 1. The molecule has 54 heavy (non-hydrogen) atoms. The second-order valence-corrected chi connectivity index (χ2v) is 15.1. The maximum atomic E-state index is 13.9. The maximum Gasteiger partial charge on any atom is 0.405 e. The lowest BCUT2D eigenvalue weighted by molar-refractivity contribution is -0.144. The molecule has 1 fully saturated rings. The van der Waals surface area contributed by atoms with Crippen molar-refractivity contribution in [3.8, 4) is 22.8 Å². The van der Waals surface area contributed by atoms with Gasteiger partial charge in [-0.15, -0.1) is 11.3 Å². The molecule has 0 radical (unpaired) electrons. The Hall–Kier alpha value is -4.55. The molecule has 0 aliphatic carbocycles. The quantitative estimate of drug-likeness (QED) is 0.134. The third-order valence-electron chi connectivity index (χ3n) is 9.83. The first-order valence-electron chi connectivity index (χ1n) is 17.5. The van der Waals surface area contributed by atoms with Gasteiger partial charge in [-0.1, -0.05) is 24.3 Å². The zero-order valence-corrected chi connectivity index (χ0v) is 30.5. The number of nitrogens with zero attached hydrogens (tertiary/aromatic N) is 4.